The molecule has 0 spiro atoms. The summed E-state index contributed by atoms with van der Waals surface area (Å²) in [6, 6.07) is 4.34. The first-order chi connectivity index (χ1) is 7.57. The number of benzene rings is 1. The molecular weight excluding hydrogens is 209 g/mol. The lowest BCUT2D eigenvalue weighted by Gasteiger charge is -2.29. The topological polar surface area (TPSA) is 44.5 Å². The van der Waals surface area contributed by atoms with Crippen molar-refractivity contribution in [1.82, 2.24) is 0 Å². The molecule has 0 aliphatic heterocycles. The molecule has 1 aromatic rings. The van der Waals surface area contributed by atoms with E-state index in [2.05, 4.69) is 0 Å². The molecule has 2 N–H and O–H groups in total. The Morgan fingerprint density at radius 1 is 1.38 bits per heavy atom. The van der Waals surface area contributed by atoms with E-state index < -0.39 is 5.54 Å². The number of ether oxygens (including phenoxy) is 2. The van der Waals surface area contributed by atoms with Crippen molar-refractivity contribution in [3.63, 3.8) is 0 Å². The maximum atomic E-state index is 13.2. The van der Waals surface area contributed by atoms with Crippen molar-refractivity contribution >= 4 is 0 Å². The molecule has 0 fully saturated rings. The van der Waals surface area contributed by atoms with Crippen LogP contribution in [0.25, 0.3) is 0 Å². The normalized spacial score (nSPS) is 14.6. The van der Waals surface area contributed by atoms with Crippen LogP contribution in [0, 0.1) is 5.82 Å². The summed E-state index contributed by atoms with van der Waals surface area (Å²) in [7, 11) is 3.11. The summed E-state index contributed by atoms with van der Waals surface area (Å²) in [4.78, 5) is 0. The second-order valence-electron chi connectivity index (χ2n) is 3.79. The van der Waals surface area contributed by atoms with Gasteiger partial charge in [-0.2, -0.15) is 0 Å². The van der Waals surface area contributed by atoms with E-state index in [0.29, 0.717) is 24.3 Å². The maximum Gasteiger partial charge on any atom is 0.124 e. The fourth-order valence-electron chi connectivity index (χ4n) is 1.70. The monoisotopic (exact) mass is 227 g/mol. The predicted molar refractivity (Wildman–Crippen MR) is 61.0 cm³/mol. The fourth-order valence-corrected chi connectivity index (χ4v) is 1.70. The molecule has 4 heteroatoms. The number of rotatable bonds is 5. The van der Waals surface area contributed by atoms with Crippen molar-refractivity contribution in [2.75, 3.05) is 20.8 Å². The molecule has 0 radical (unpaired) electrons. The van der Waals surface area contributed by atoms with Crippen molar-refractivity contribution in [3.8, 4) is 5.75 Å². The van der Waals surface area contributed by atoms with Crippen molar-refractivity contribution < 1.29 is 13.9 Å². The number of hydrogen-bond donors (Lipinski definition) is 1. The lowest BCUT2D eigenvalue weighted by molar-refractivity contribution is 0.127. The van der Waals surface area contributed by atoms with E-state index >= 15 is 0 Å². The first-order valence-electron chi connectivity index (χ1n) is 5.19. The van der Waals surface area contributed by atoms with E-state index in [1.165, 1.54) is 12.1 Å². The van der Waals surface area contributed by atoms with E-state index in [1.807, 2.05) is 6.92 Å². The lowest BCUT2D eigenvalue weighted by Crippen LogP contribution is -2.41. The Morgan fingerprint density at radius 2 is 2.06 bits per heavy atom. The van der Waals surface area contributed by atoms with Gasteiger partial charge in [0.25, 0.3) is 0 Å². The van der Waals surface area contributed by atoms with E-state index in [1.54, 1.807) is 20.3 Å². The molecule has 0 heterocycles. The van der Waals surface area contributed by atoms with Crippen LogP contribution in [-0.2, 0) is 10.3 Å². The summed E-state index contributed by atoms with van der Waals surface area (Å²) < 4.78 is 23.5. The Hall–Kier alpha value is -1.13. The number of hydrogen-bond acceptors (Lipinski definition) is 3. The number of halogens is 1. The van der Waals surface area contributed by atoms with Crippen LogP contribution < -0.4 is 10.5 Å². The van der Waals surface area contributed by atoms with Gasteiger partial charge in [-0.3, -0.25) is 0 Å². The van der Waals surface area contributed by atoms with Gasteiger partial charge in [0, 0.05) is 12.7 Å². The molecule has 1 unspecified atom stereocenters. The van der Waals surface area contributed by atoms with E-state index in [9.17, 15) is 4.39 Å². The molecule has 3 nitrogen and oxygen atoms in total. The molecule has 1 atom stereocenters. The Kier molecular flexibility index (Phi) is 4.26. The molecule has 16 heavy (non-hydrogen) atoms. The summed E-state index contributed by atoms with van der Waals surface area (Å²) in [5.41, 5.74) is 6.12. The quantitative estimate of drug-likeness (QED) is 0.837. The fraction of sp³-hybridized carbons (Fsp3) is 0.500. The van der Waals surface area contributed by atoms with E-state index in [4.69, 9.17) is 15.2 Å². The number of methoxy groups -OCH3 is 2. The van der Waals surface area contributed by atoms with Gasteiger partial charge in [-0.25, -0.2) is 4.39 Å². The summed E-state index contributed by atoms with van der Waals surface area (Å²) in [6.07, 6.45) is 0.640. The molecule has 0 amide bonds. The van der Waals surface area contributed by atoms with Gasteiger partial charge in [0.2, 0.25) is 0 Å². The van der Waals surface area contributed by atoms with Crippen LogP contribution in [0.2, 0.25) is 0 Å². The van der Waals surface area contributed by atoms with Gasteiger partial charge in [0.05, 0.1) is 19.3 Å². The highest BCUT2D eigenvalue weighted by molar-refractivity contribution is 5.39. The van der Waals surface area contributed by atoms with Crippen LogP contribution >= 0.6 is 0 Å². The lowest BCUT2D eigenvalue weighted by atomic mass is 9.88. The maximum absolute atomic E-state index is 13.2. The molecule has 1 aromatic carbocycles. The van der Waals surface area contributed by atoms with Crippen LogP contribution in [0.4, 0.5) is 4.39 Å². The van der Waals surface area contributed by atoms with Gasteiger partial charge in [-0.05, 0) is 24.6 Å². The molecule has 1 rings (SSSR count). The Labute approximate surface area is 95.4 Å². The smallest absolute Gasteiger partial charge is 0.124 e. The highest BCUT2D eigenvalue weighted by atomic mass is 19.1. The van der Waals surface area contributed by atoms with Crippen molar-refractivity contribution in [1.29, 1.82) is 0 Å². The third-order valence-electron chi connectivity index (χ3n) is 2.73. The first-order valence-corrected chi connectivity index (χ1v) is 5.19. The zero-order chi connectivity index (χ0) is 12.2. The highest BCUT2D eigenvalue weighted by Gasteiger charge is 2.29. The summed E-state index contributed by atoms with van der Waals surface area (Å²) in [6.45, 7) is 2.26. The van der Waals surface area contributed by atoms with Gasteiger partial charge in [-0.15, -0.1) is 0 Å². The average Bonchev–Trinajstić information content (AvgIpc) is 2.29. The molecule has 0 aromatic heterocycles. The van der Waals surface area contributed by atoms with Crippen molar-refractivity contribution in [2.45, 2.75) is 18.9 Å². The van der Waals surface area contributed by atoms with E-state index in [-0.39, 0.29) is 5.82 Å². The van der Waals surface area contributed by atoms with Crippen LogP contribution in [0.1, 0.15) is 18.9 Å². The van der Waals surface area contributed by atoms with Gasteiger partial charge in [-0.1, -0.05) is 6.92 Å². The molecule has 0 bridgehead atoms. The summed E-state index contributed by atoms with van der Waals surface area (Å²) in [5, 5.41) is 0. The Balaban J connectivity index is 3.21. The Morgan fingerprint density at radius 3 is 2.56 bits per heavy atom. The number of nitrogens with two attached hydrogens (primary N) is 1. The third kappa shape index (κ3) is 2.51. The van der Waals surface area contributed by atoms with Crippen LogP contribution in [0.15, 0.2) is 18.2 Å². The average molecular weight is 227 g/mol. The van der Waals surface area contributed by atoms with Crippen molar-refractivity contribution in [2.24, 2.45) is 5.73 Å². The molecule has 90 valence electrons. The zero-order valence-electron chi connectivity index (χ0n) is 9.92. The van der Waals surface area contributed by atoms with E-state index in [0.717, 1.165) is 0 Å². The van der Waals surface area contributed by atoms with Crippen LogP contribution in [0.5, 0.6) is 5.75 Å². The van der Waals surface area contributed by atoms with Gasteiger partial charge >= 0.3 is 0 Å². The molecule has 0 aliphatic rings. The largest absolute Gasteiger partial charge is 0.496 e. The molecule has 0 saturated carbocycles. The minimum atomic E-state index is -0.720. The second-order valence-corrected chi connectivity index (χ2v) is 3.79. The molecule has 0 aliphatic carbocycles. The molecule has 0 saturated heterocycles. The summed E-state index contributed by atoms with van der Waals surface area (Å²) >= 11 is 0. The van der Waals surface area contributed by atoms with Crippen molar-refractivity contribution in [3.05, 3.63) is 29.6 Å². The zero-order valence-corrected chi connectivity index (χ0v) is 9.92. The molecular formula is C12H18FNO2. The minimum Gasteiger partial charge on any atom is -0.496 e. The first kappa shape index (κ1) is 12.9. The standard InChI is InChI=1S/C12H18FNO2/c1-4-12(14,8-15-2)10-7-9(13)5-6-11(10)16-3/h5-7H,4,8,14H2,1-3H3. The van der Waals surface area contributed by atoms with Gasteiger partial charge in [0.1, 0.15) is 11.6 Å². The minimum absolute atomic E-state index is 0.323. The van der Waals surface area contributed by atoms with Gasteiger partial charge in [0.15, 0.2) is 0 Å². The van der Waals surface area contributed by atoms with Crippen LogP contribution in [0.3, 0.4) is 0 Å². The third-order valence-corrected chi connectivity index (χ3v) is 2.73. The SMILES string of the molecule is CCC(N)(COC)c1cc(F)ccc1OC. The van der Waals surface area contributed by atoms with Gasteiger partial charge < -0.3 is 15.2 Å². The second kappa shape index (κ2) is 5.27. The predicted octanol–water partition coefficient (Wildman–Crippen LogP) is 2.04. The van der Waals surface area contributed by atoms with Crippen LogP contribution in [-0.4, -0.2) is 20.8 Å². The highest BCUT2D eigenvalue weighted by Crippen LogP contribution is 2.31. The summed E-state index contributed by atoms with van der Waals surface area (Å²) in [5.74, 6) is 0.262. The Bertz CT molecular complexity index is 357.